The molecule has 4 rings (SSSR count). The quantitative estimate of drug-likeness (QED) is 0.910. The summed E-state index contributed by atoms with van der Waals surface area (Å²) in [6.07, 6.45) is 4.89. The maximum atomic E-state index is 13.2. The number of amides is 1. The van der Waals surface area contributed by atoms with Crippen molar-refractivity contribution in [1.29, 1.82) is 0 Å². The second kappa shape index (κ2) is 5.24. The van der Waals surface area contributed by atoms with Crippen LogP contribution in [0.4, 0.5) is 0 Å². The van der Waals surface area contributed by atoms with Gasteiger partial charge in [0.1, 0.15) is 0 Å². The lowest BCUT2D eigenvalue weighted by Gasteiger charge is -2.46. The first-order valence-electron chi connectivity index (χ1n) is 8.34. The molecule has 1 saturated heterocycles. The van der Waals surface area contributed by atoms with Crippen LogP contribution in [0, 0.1) is 11.8 Å². The number of piperidine rings is 1. The van der Waals surface area contributed by atoms with E-state index in [1.54, 1.807) is 0 Å². The topological polar surface area (TPSA) is 40.5 Å². The highest BCUT2D eigenvalue weighted by molar-refractivity contribution is 6.30. The molecule has 3 nitrogen and oxygen atoms in total. The third-order valence-corrected chi connectivity index (χ3v) is 6.34. The molecule has 1 N–H and O–H groups in total. The summed E-state index contributed by atoms with van der Waals surface area (Å²) >= 11 is 5.99. The Morgan fingerprint density at radius 1 is 1.14 bits per heavy atom. The zero-order chi connectivity index (χ0) is 15.3. The predicted molar refractivity (Wildman–Crippen MR) is 85.8 cm³/mol. The summed E-state index contributed by atoms with van der Waals surface area (Å²) in [5.74, 6) is 0.833. The van der Waals surface area contributed by atoms with Gasteiger partial charge in [0.15, 0.2) is 0 Å². The largest absolute Gasteiger partial charge is 0.392 e. The lowest BCUT2D eigenvalue weighted by Crippen LogP contribution is -2.56. The van der Waals surface area contributed by atoms with E-state index in [1.165, 1.54) is 0 Å². The fourth-order valence-corrected chi connectivity index (χ4v) is 4.71. The molecule has 2 bridgehead atoms. The van der Waals surface area contributed by atoms with Gasteiger partial charge in [0.05, 0.1) is 11.5 Å². The standard InChI is InChI=1S/C18H22ClNO2/c19-15-6-4-14(5-7-15)18(8-1-9-18)17(22)20-10-12-2-3-13(11-20)16(12)21/h4-7,12-13,16,21H,1-3,8-11H2/t12-,13+,16?. The molecule has 1 amide bonds. The van der Waals surface area contributed by atoms with Crippen molar-refractivity contribution < 1.29 is 9.90 Å². The number of carbonyl (C=O) groups excluding carboxylic acids is 1. The monoisotopic (exact) mass is 319 g/mol. The fourth-order valence-electron chi connectivity index (χ4n) is 4.59. The third kappa shape index (κ3) is 2.10. The molecule has 118 valence electrons. The van der Waals surface area contributed by atoms with Crippen LogP contribution < -0.4 is 0 Å². The van der Waals surface area contributed by atoms with E-state index < -0.39 is 0 Å². The molecule has 1 aliphatic heterocycles. The van der Waals surface area contributed by atoms with E-state index >= 15 is 0 Å². The van der Waals surface area contributed by atoms with E-state index in [0.717, 1.165) is 50.8 Å². The lowest BCUT2D eigenvalue weighted by atomic mass is 9.63. The maximum Gasteiger partial charge on any atom is 0.233 e. The molecule has 2 aliphatic carbocycles. The zero-order valence-electron chi connectivity index (χ0n) is 12.7. The van der Waals surface area contributed by atoms with Gasteiger partial charge in [0, 0.05) is 29.9 Å². The van der Waals surface area contributed by atoms with Crippen molar-refractivity contribution in [3.63, 3.8) is 0 Å². The Morgan fingerprint density at radius 3 is 2.23 bits per heavy atom. The van der Waals surface area contributed by atoms with Crippen molar-refractivity contribution in [3.8, 4) is 0 Å². The summed E-state index contributed by atoms with van der Waals surface area (Å²) < 4.78 is 0. The van der Waals surface area contributed by atoms with E-state index in [1.807, 2.05) is 29.2 Å². The van der Waals surface area contributed by atoms with Crippen LogP contribution in [0.5, 0.6) is 0 Å². The highest BCUT2D eigenvalue weighted by Gasteiger charge is 2.51. The van der Waals surface area contributed by atoms with Crippen LogP contribution in [0.15, 0.2) is 24.3 Å². The van der Waals surface area contributed by atoms with Crippen LogP contribution >= 0.6 is 11.6 Å². The minimum Gasteiger partial charge on any atom is -0.392 e. The van der Waals surface area contributed by atoms with Crippen molar-refractivity contribution >= 4 is 17.5 Å². The normalized spacial score (nSPS) is 32.6. The Hall–Kier alpha value is -1.06. The average molecular weight is 320 g/mol. The van der Waals surface area contributed by atoms with Crippen molar-refractivity contribution in [1.82, 2.24) is 4.90 Å². The van der Waals surface area contributed by atoms with E-state index in [2.05, 4.69) is 0 Å². The molecule has 0 spiro atoms. The number of carbonyl (C=O) groups is 1. The maximum absolute atomic E-state index is 13.2. The first kappa shape index (κ1) is 14.5. The number of aliphatic hydroxyl groups is 1. The van der Waals surface area contributed by atoms with Crippen LogP contribution in [-0.2, 0) is 10.2 Å². The summed E-state index contributed by atoms with van der Waals surface area (Å²) in [5.41, 5.74) is 0.762. The van der Waals surface area contributed by atoms with Crippen LogP contribution in [0.25, 0.3) is 0 Å². The number of hydrogen-bond acceptors (Lipinski definition) is 2. The van der Waals surface area contributed by atoms with Gasteiger partial charge >= 0.3 is 0 Å². The Morgan fingerprint density at radius 2 is 1.73 bits per heavy atom. The Bertz CT molecular complexity index is 567. The molecule has 1 unspecified atom stereocenters. The first-order chi connectivity index (χ1) is 10.6. The molecule has 1 heterocycles. The number of hydrogen-bond donors (Lipinski definition) is 1. The Labute approximate surface area is 136 Å². The van der Waals surface area contributed by atoms with Crippen LogP contribution in [0.2, 0.25) is 5.02 Å². The highest BCUT2D eigenvalue weighted by atomic mass is 35.5. The summed E-state index contributed by atoms with van der Waals surface area (Å²) in [5, 5.41) is 10.9. The summed E-state index contributed by atoms with van der Waals surface area (Å²) in [4.78, 5) is 15.3. The molecule has 1 aromatic rings. The van der Waals surface area contributed by atoms with E-state index in [4.69, 9.17) is 11.6 Å². The van der Waals surface area contributed by atoms with Crippen LogP contribution in [0.1, 0.15) is 37.7 Å². The smallest absolute Gasteiger partial charge is 0.233 e. The van der Waals surface area contributed by atoms with Gasteiger partial charge in [-0.3, -0.25) is 4.79 Å². The molecule has 3 atom stereocenters. The second-order valence-electron chi connectivity index (χ2n) is 7.24. The first-order valence-corrected chi connectivity index (χ1v) is 8.71. The lowest BCUT2D eigenvalue weighted by molar-refractivity contribution is -0.145. The second-order valence-corrected chi connectivity index (χ2v) is 7.68. The molecule has 3 fully saturated rings. The summed E-state index contributed by atoms with van der Waals surface area (Å²) in [6, 6.07) is 7.78. The van der Waals surface area contributed by atoms with Crippen molar-refractivity contribution in [3.05, 3.63) is 34.9 Å². The van der Waals surface area contributed by atoms with Crippen molar-refractivity contribution in [2.75, 3.05) is 13.1 Å². The number of fused-ring (bicyclic) bond motifs is 2. The molecule has 22 heavy (non-hydrogen) atoms. The third-order valence-electron chi connectivity index (χ3n) is 6.08. The molecule has 0 aromatic heterocycles. The SMILES string of the molecule is O=C(N1C[C@H]2CC[C@@H](C1)C2O)C1(c2ccc(Cl)cc2)CCC1. The van der Waals surface area contributed by atoms with Gasteiger partial charge in [-0.05, 0) is 43.4 Å². The Balaban J connectivity index is 1.59. The van der Waals surface area contributed by atoms with E-state index in [-0.39, 0.29) is 29.3 Å². The molecule has 2 saturated carbocycles. The summed E-state index contributed by atoms with van der Waals surface area (Å²) in [6.45, 7) is 1.46. The predicted octanol–water partition coefficient (Wildman–Crippen LogP) is 2.99. The van der Waals surface area contributed by atoms with Gasteiger partial charge in [0.2, 0.25) is 5.91 Å². The van der Waals surface area contributed by atoms with E-state index in [0.29, 0.717) is 5.02 Å². The number of rotatable bonds is 2. The van der Waals surface area contributed by atoms with Gasteiger partial charge in [-0.2, -0.15) is 0 Å². The number of nitrogens with zero attached hydrogens (tertiary/aromatic N) is 1. The van der Waals surface area contributed by atoms with Gasteiger partial charge in [-0.15, -0.1) is 0 Å². The van der Waals surface area contributed by atoms with Crippen LogP contribution in [-0.4, -0.2) is 35.1 Å². The average Bonchev–Trinajstić information content (AvgIpc) is 2.70. The number of aliphatic hydroxyl groups excluding tert-OH is 1. The molecule has 3 aliphatic rings. The minimum absolute atomic E-state index is 0.197. The van der Waals surface area contributed by atoms with Gasteiger partial charge in [-0.25, -0.2) is 0 Å². The zero-order valence-corrected chi connectivity index (χ0v) is 13.4. The van der Waals surface area contributed by atoms with Gasteiger partial charge in [0.25, 0.3) is 0 Å². The molecular weight excluding hydrogens is 298 g/mol. The number of halogens is 1. The van der Waals surface area contributed by atoms with Crippen LogP contribution in [0.3, 0.4) is 0 Å². The molecule has 0 radical (unpaired) electrons. The number of likely N-dealkylation sites (tertiary alicyclic amines) is 1. The summed E-state index contributed by atoms with van der Waals surface area (Å²) in [7, 11) is 0. The molecule has 4 heteroatoms. The molecule has 1 aromatic carbocycles. The van der Waals surface area contributed by atoms with Crippen molar-refractivity contribution in [2.24, 2.45) is 11.8 Å². The van der Waals surface area contributed by atoms with Crippen molar-refractivity contribution in [2.45, 2.75) is 43.6 Å². The highest BCUT2D eigenvalue weighted by Crippen LogP contribution is 2.47. The van der Waals surface area contributed by atoms with Gasteiger partial charge in [-0.1, -0.05) is 30.2 Å². The minimum atomic E-state index is -0.341. The fraction of sp³-hybridized carbons (Fsp3) is 0.611. The Kier molecular flexibility index (Phi) is 3.46. The number of benzene rings is 1. The van der Waals surface area contributed by atoms with E-state index in [9.17, 15) is 9.90 Å². The molecular formula is C18H22ClNO2. The van der Waals surface area contributed by atoms with Gasteiger partial charge < -0.3 is 10.0 Å².